The number of likely N-dealkylation sites (tertiary alicyclic amines) is 1. The Morgan fingerprint density at radius 3 is 2.53 bits per heavy atom. The number of benzene rings is 1. The SMILES string of the molecule is C[C@@H]1CN(C(=O)C(N)=C2CCCC2=NCC(=O)N2CCC(Oc3ccc(Cl)cc3F)CC2)C[C@H](C)O1. The van der Waals surface area contributed by atoms with Crippen molar-refractivity contribution in [3.8, 4) is 5.75 Å². The molecule has 3 fully saturated rings. The number of nitrogens with two attached hydrogens (primary N) is 1. The van der Waals surface area contributed by atoms with Crippen LogP contribution in [0.4, 0.5) is 4.39 Å². The van der Waals surface area contributed by atoms with Crippen molar-refractivity contribution >= 4 is 29.1 Å². The number of aliphatic imine (C=N–C) groups is 1. The van der Waals surface area contributed by atoms with Gasteiger partial charge in [-0.1, -0.05) is 11.6 Å². The number of halogens is 2. The first-order valence-corrected chi connectivity index (χ1v) is 13.0. The average Bonchev–Trinajstić information content (AvgIpc) is 3.32. The molecule has 196 valence electrons. The number of morpholine rings is 1. The van der Waals surface area contributed by atoms with Crippen LogP contribution in [0.15, 0.2) is 34.5 Å². The summed E-state index contributed by atoms with van der Waals surface area (Å²) in [6, 6.07) is 4.34. The van der Waals surface area contributed by atoms with Crippen LogP contribution in [0, 0.1) is 5.82 Å². The van der Waals surface area contributed by atoms with Crippen LogP contribution in [0.5, 0.6) is 5.75 Å². The number of nitrogens with zero attached hydrogens (tertiary/aromatic N) is 3. The quantitative estimate of drug-likeness (QED) is 0.601. The normalized spacial score (nSPS) is 25.8. The summed E-state index contributed by atoms with van der Waals surface area (Å²) in [7, 11) is 0. The van der Waals surface area contributed by atoms with E-state index in [1.54, 1.807) is 15.9 Å². The Balaban J connectivity index is 1.31. The Labute approximate surface area is 216 Å². The van der Waals surface area contributed by atoms with Gasteiger partial charge in [-0.05, 0) is 51.3 Å². The maximum Gasteiger partial charge on any atom is 0.270 e. The Bertz CT molecular complexity index is 1040. The lowest BCUT2D eigenvalue weighted by Crippen LogP contribution is -2.49. The second-order valence-corrected chi connectivity index (χ2v) is 10.2. The van der Waals surface area contributed by atoms with E-state index in [-0.39, 0.29) is 48.1 Å². The largest absolute Gasteiger partial charge is 0.487 e. The van der Waals surface area contributed by atoms with Crippen LogP contribution in [0.3, 0.4) is 0 Å². The van der Waals surface area contributed by atoms with E-state index in [1.807, 2.05) is 13.8 Å². The number of hydrogen-bond donors (Lipinski definition) is 1. The van der Waals surface area contributed by atoms with Gasteiger partial charge in [-0.2, -0.15) is 0 Å². The highest BCUT2D eigenvalue weighted by atomic mass is 35.5. The zero-order valence-electron chi connectivity index (χ0n) is 20.8. The van der Waals surface area contributed by atoms with Gasteiger partial charge in [0.15, 0.2) is 11.6 Å². The molecule has 0 spiro atoms. The van der Waals surface area contributed by atoms with Crippen LogP contribution < -0.4 is 10.5 Å². The molecule has 4 rings (SSSR count). The fourth-order valence-corrected chi connectivity index (χ4v) is 5.23. The molecule has 10 heteroatoms. The average molecular weight is 521 g/mol. The molecule has 2 N–H and O–H groups in total. The lowest BCUT2D eigenvalue weighted by Gasteiger charge is -2.35. The summed E-state index contributed by atoms with van der Waals surface area (Å²) in [5.41, 5.74) is 8.04. The van der Waals surface area contributed by atoms with E-state index in [0.29, 0.717) is 56.9 Å². The Morgan fingerprint density at radius 1 is 1.17 bits per heavy atom. The molecule has 0 unspecified atom stereocenters. The Kier molecular flexibility index (Phi) is 8.51. The Morgan fingerprint density at radius 2 is 1.86 bits per heavy atom. The molecule has 2 saturated heterocycles. The molecule has 8 nitrogen and oxygen atoms in total. The minimum atomic E-state index is -0.493. The molecule has 1 aliphatic carbocycles. The second-order valence-electron chi connectivity index (χ2n) is 9.75. The third-order valence-corrected chi connectivity index (χ3v) is 7.07. The van der Waals surface area contributed by atoms with Crippen molar-refractivity contribution in [3.05, 3.63) is 40.3 Å². The van der Waals surface area contributed by atoms with Gasteiger partial charge in [-0.15, -0.1) is 0 Å². The smallest absolute Gasteiger partial charge is 0.270 e. The zero-order chi connectivity index (χ0) is 25.8. The summed E-state index contributed by atoms with van der Waals surface area (Å²) in [5, 5.41) is 0.318. The fraction of sp³-hybridized carbons (Fsp3) is 0.577. The van der Waals surface area contributed by atoms with Crippen molar-refractivity contribution < 1.29 is 23.5 Å². The maximum absolute atomic E-state index is 14.0. The number of allylic oxidation sites excluding steroid dienone is 1. The molecular weight excluding hydrogens is 487 g/mol. The highest BCUT2D eigenvalue weighted by molar-refractivity contribution is 6.30. The molecule has 3 aliphatic rings. The summed E-state index contributed by atoms with van der Waals surface area (Å²) in [5.74, 6) is -0.588. The molecule has 2 heterocycles. The fourth-order valence-electron chi connectivity index (χ4n) is 5.07. The molecule has 0 bridgehead atoms. The van der Waals surface area contributed by atoms with Crippen LogP contribution in [0.25, 0.3) is 0 Å². The summed E-state index contributed by atoms with van der Waals surface area (Å²) in [4.78, 5) is 33.9. The van der Waals surface area contributed by atoms with Crippen LogP contribution in [0.2, 0.25) is 5.02 Å². The number of ether oxygens (including phenoxy) is 2. The first kappa shape index (κ1) is 26.4. The van der Waals surface area contributed by atoms with Crippen molar-refractivity contribution in [1.29, 1.82) is 0 Å². The topological polar surface area (TPSA) is 97.5 Å². The van der Waals surface area contributed by atoms with E-state index in [9.17, 15) is 14.0 Å². The molecule has 2 atom stereocenters. The van der Waals surface area contributed by atoms with Crippen LogP contribution in [-0.4, -0.2) is 78.4 Å². The molecule has 0 aromatic heterocycles. The van der Waals surface area contributed by atoms with Crippen LogP contribution in [-0.2, 0) is 14.3 Å². The van der Waals surface area contributed by atoms with Gasteiger partial charge in [0.25, 0.3) is 5.91 Å². The highest BCUT2D eigenvalue weighted by Crippen LogP contribution is 2.27. The lowest BCUT2D eigenvalue weighted by molar-refractivity contribution is -0.139. The number of carbonyl (C=O) groups excluding carboxylic acids is 2. The highest BCUT2D eigenvalue weighted by Gasteiger charge is 2.30. The van der Waals surface area contributed by atoms with Gasteiger partial charge in [-0.3, -0.25) is 14.6 Å². The minimum absolute atomic E-state index is 0.0171. The first-order chi connectivity index (χ1) is 17.2. The van der Waals surface area contributed by atoms with Gasteiger partial charge >= 0.3 is 0 Å². The number of hydrogen-bond acceptors (Lipinski definition) is 6. The van der Waals surface area contributed by atoms with Gasteiger partial charge in [-0.25, -0.2) is 4.39 Å². The van der Waals surface area contributed by atoms with E-state index >= 15 is 0 Å². The zero-order valence-corrected chi connectivity index (χ0v) is 21.6. The molecule has 2 aliphatic heterocycles. The van der Waals surface area contributed by atoms with Crippen molar-refractivity contribution in [1.82, 2.24) is 9.80 Å². The first-order valence-electron chi connectivity index (χ1n) is 12.6. The van der Waals surface area contributed by atoms with Gasteiger partial charge in [0.05, 0.1) is 12.2 Å². The predicted molar refractivity (Wildman–Crippen MR) is 136 cm³/mol. The predicted octanol–water partition coefficient (Wildman–Crippen LogP) is 3.32. The molecule has 1 aromatic rings. The van der Waals surface area contributed by atoms with E-state index in [2.05, 4.69) is 4.99 Å². The number of rotatable bonds is 5. The molecule has 1 saturated carbocycles. The summed E-state index contributed by atoms with van der Waals surface area (Å²) < 4.78 is 25.5. The van der Waals surface area contributed by atoms with Crippen LogP contribution in [0.1, 0.15) is 46.0 Å². The standard InChI is InChI=1S/C26H34ClFN4O4/c1-16-14-32(15-17(2)35-16)26(34)25(29)20-4-3-5-22(20)30-13-24(33)31-10-8-19(9-11-31)36-23-7-6-18(27)12-21(23)28/h6-7,12,16-17,19H,3-5,8-11,13-15,29H2,1-2H3/t16-,17+. The Hall–Kier alpha value is -2.65. The summed E-state index contributed by atoms with van der Waals surface area (Å²) >= 11 is 5.79. The number of amides is 2. The van der Waals surface area contributed by atoms with Crippen LogP contribution >= 0.6 is 11.6 Å². The van der Waals surface area contributed by atoms with Gasteiger partial charge in [0, 0.05) is 55.3 Å². The van der Waals surface area contributed by atoms with Crippen molar-refractivity contribution in [2.45, 2.75) is 64.3 Å². The van der Waals surface area contributed by atoms with Crippen molar-refractivity contribution in [2.75, 3.05) is 32.7 Å². The second kappa shape index (κ2) is 11.6. The number of piperidine rings is 1. The summed E-state index contributed by atoms with van der Waals surface area (Å²) in [6.45, 7) is 5.94. The third kappa shape index (κ3) is 6.37. The van der Waals surface area contributed by atoms with E-state index in [0.717, 1.165) is 17.7 Å². The monoisotopic (exact) mass is 520 g/mol. The molecule has 2 amide bonds. The van der Waals surface area contributed by atoms with Crippen molar-refractivity contribution in [3.63, 3.8) is 0 Å². The molecule has 0 radical (unpaired) electrons. The van der Waals surface area contributed by atoms with Crippen molar-refractivity contribution in [2.24, 2.45) is 10.7 Å². The van der Waals surface area contributed by atoms with Gasteiger partial charge in [0.2, 0.25) is 5.91 Å². The molecule has 1 aromatic carbocycles. The van der Waals surface area contributed by atoms with E-state index < -0.39 is 5.82 Å². The lowest BCUT2D eigenvalue weighted by atomic mass is 10.1. The number of carbonyl (C=O) groups is 2. The molecule has 36 heavy (non-hydrogen) atoms. The van der Waals surface area contributed by atoms with E-state index in [4.69, 9.17) is 26.8 Å². The van der Waals surface area contributed by atoms with E-state index in [1.165, 1.54) is 12.1 Å². The van der Waals surface area contributed by atoms with Gasteiger partial charge < -0.3 is 25.0 Å². The molecular formula is C26H34ClFN4O4. The third-order valence-electron chi connectivity index (χ3n) is 6.84. The van der Waals surface area contributed by atoms with Gasteiger partial charge in [0.1, 0.15) is 18.3 Å². The summed E-state index contributed by atoms with van der Waals surface area (Å²) in [6.07, 6.45) is 3.21. The minimum Gasteiger partial charge on any atom is -0.487 e. The maximum atomic E-state index is 14.0.